The number of hydrogen-bond donors (Lipinski definition) is 0. The minimum Gasteiger partial charge on any atom is -0.394 e. The second-order valence-corrected chi connectivity index (χ2v) is 1.43. The van der Waals surface area contributed by atoms with Crippen molar-refractivity contribution in [3.8, 4) is 0 Å². The molecule has 0 rings (SSSR count). The first-order valence-electron chi connectivity index (χ1n) is 2.34. The maximum absolute atomic E-state index is 4.85. The summed E-state index contributed by atoms with van der Waals surface area (Å²) < 4.78 is 4.14. The third-order valence-electron chi connectivity index (χ3n) is 0.603. The minimum absolute atomic E-state index is 1.03. The maximum Gasteiger partial charge on any atom is 0.134 e. The highest BCUT2D eigenvalue weighted by Crippen LogP contribution is 1.89. The van der Waals surface area contributed by atoms with E-state index in [0.29, 0.717) is 0 Å². The molecule has 0 heterocycles. The van der Waals surface area contributed by atoms with E-state index in [4.69, 9.17) is 11.9 Å². The molecule has 0 aliphatic heterocycles. The number of halogens is 1. The molecule has 0 saturated carbocycles. The van der Waals surface area contributed by atoms with Crippen LogP contribution in [0.4, 0.5) is 0 Å². The molecule has 0 N–H and O–H groups in total. The van der Waals surface area contributed by atoms with Crippen LogP contribution in [-0.4, -0.2) is 0 Å². The average Bonchev–Trinajstić information content (AvgIpc) is 1.69. The summed E-state index contributed by atoms with van der Waals surface area (Å²) in [5.41, 5.74) is 0. The van der Waals surface area contributed by atoms with Crippen molar-refractivity contribution >= 4 is 11.9 Å². The van der Waals surface area contributed by atoms with E-state index in [9.17, 15) is 0 Å². The van der Waals surface area contributed by atoms with Gasteiger partial charge in [0.15, 0.2) is 0 Å². The van der Waals surface area contributed by atoms with Gasteiger partial charge < -0.3 is 4.29 Å². The van der Waals surface area contributed by atoms with Crippen LogP contribution in [0.1, 0.15) is 19.8 Å². The van der Waals surface area contributed by atoms with E-state index in [1.54, 1.807) is 0 Å². The van der Waals surface area contributed by atoms with E-state index in [0.717, 1.165) is 12.8 Å². The lowest BCUT2D eigenvalue weighted by molar-refractivity contribution is 0.534. The van der Waals surface area contributed by atoms with Gasteiger partial charge in [0, 0.05) is 0 Å². The van der Waals surface area contributed by atoms with Gasteiger partial charge in [-0.2, -0.15) is 0 Å². The van der Waals surface area contributed by atoms with Crippen LogP contribution < -0.4 is 0 Å². The van der Waals surface area contributed by atoms with Gasteiger partial charge in [0.25, 0.3) is 0 Å². The average molecular weight is 121 g/mol. The summed E-state index contributed by atoms with van der Waals surface area (Å²) in [6, 6.07) is 0. The lowest BCUT2D eigenvalue weighted by atomic mass is 10.3. The number of allylic oxidation sites excluding steroid dienone is 1. The SMILES string of the molecule is CCCC=COCl. The highest BCUT2D eigenvalue weighted by molar-refractivity contribution is 6.07. The molecular weight excluding hydrogens is 112 g/mol. The van der Waals surface area contributed by atoms with Crippen LogP contribution in [0.15, 0.2) is 12.3 Å². The van der Waals surface area contributed by atoms with Crippen LogP contribution in [0.2, 0.25) is 0 Å². The fourth-order valence-electron chi connectivity index (χ4n) is 0.271. The Hall–Kier alpha value is -0.170. The first-order chi connectivity index (χ1) is 3.41. The summed E-state index contributed by atoms with van der Waals surface area (Å²) in [6.45, 7) is 2.10. The van der Waals surface area contributed by atoms with Crippen molar-refractivity contribution in [3.05, 3.63) is 12.3 Å². The first-order valence-corrected chi connectivity index (χ1v) is 2.65. The zero-order chi connectivity index (χ0) is 5.54. The van der Waals surface area contributed by atoms with Crippen molar-refractivity contribution in [2.24, 2.45) is 0 Å². The largest absolute Gasteiger partial charge is 0.394 e. The maximum atomic E-state index is 4.85. The second-order valence-electron chi connectivity index (χ2n) is 1.25. The Kier molecular flexibility index (Phi) is 5.69. The van der Waals surface area contributed by atoms with Crippen LogP contribution in [0.5, 0.6) is 0 Å². The third-order valence-corrected chi connectivity index (χ3v) is 0.706. The molecule has 0 aromatic carbocycles. The first kappa shape index (κ1) is 6.83. The van der Waals surface area contributed by atoms with Crippen molar-refractivity contribution in [3.63, 3.8) is 0 Å². The minimum atomic E-state index is 1.03. The van der Waals surface area contributed by atoms with E-state index in [2.05, 4.69) is 11.2 Å². The van der Waals surface area contributed by atoms with Crippen molar-refractivity contribution in [2.45, 2.75) is 19.8 Å². The standard InChI is InChI=1S/C5H9ClO/c1-2-3-4-5-7-6/h4-5H,2-3H2,1H3. The van der Waals surface area contributed by atoms with Crippen molar-refractivity contribution in [2.75, 3.05) is 0 Å². The highest BCUT2D eigenvalue weighted by atomic mass is 35.5. The molecule has 0 spiro atoms. The molecule has 0 aliphatic carbocycles. The summed E-state index contributed by atoms with van der Waals surface area (Å²) in [6.07, 6.45) is 5.53. The number of hydrogen-bond acceptors (Lipinski definition) is 1. The summed E-state index contributed by atoms with van der Waals surface area (Å²) in [4.78, 5) is 0. The molecule has 0 aliphatic rings. The van der Waals surface area contributed by atoms with Gasteiger partial charge in [0.2, 0.25) is 0 Å². The molecule has 0 saturated heterocycles. The van der Waals surface area contributed by atoms with Gasteiger partial charge in [-0.25, -0.2) is 0 Å². The quantitative estimate of drug-likeness (QED) is 0.520. The van der Waals surface area contributed by atoms with E-state index in [1.807, 2.05) is 6.08 Å². The van der Waals surface area contributed by atoms with Crippen molar-refractivity contribution in [1.82, 2.24) is 0 Å². The Morgan fingerprint density at radius 1 is 1.71 bits per heavy atom. The molecule has 0 radical (unpaired) electrons. The molecule has 0 unspecified atom stereocenters. The van der Waals surface area contributed by atoms with Gasteiger partial charge in [0.05, 0.1) is 0 Å². The molecule has 7 heavy (non-hydrogen) atoms. The summed E-state index contributed by atoms with van der Waals surface area (Å²) >= 11 is 4.85. The van der Waals surface area contributed by atoms with Crippen molar-refractivity contribution < 1.29 is 4.29 Å². The van der Waals surface area contributed by atoms with Gasteiger partial charge in [0.1, 0.15) is 18.1 Å². The molecule has 0 aromatic rings. The van der Waals surface area contributed by atoms with Crippen LogP contribution in [0, 0.1) is 0 Å². The summed E-state index contributed by atoms with van der Waals surface area (Å²) in [5.74, 6) is 0. The Balaban J connectivity index is 2.78. The Morgan fingerprint density at radius 3 is 2.86 bits per heavy atom. The third kappa shape index (κ3) is 5.83. The van der Waals surface area contributed by atoms with Crippen LogP contribution in [-0.2, 0) is 4.29 Å². The zero-order valence-corrected chi connectivity index (χ0v) is 5.11. The van der Waals surface area contributed by atoms with E-state index >= 15 is 0 Å². The predicted octanol–water partition coefficient (Wildman–Crippen LogP) is 2.47. The Morgan fingerprint density at radius 2 is 2.43 bits per heavy atom. The monoisotopic (exact) mass is 120 g/mol. The molecule has 0 aromatic heterocycles. The molecule has 0 amide bonds. The normalized spacial score (nSPS) is 10.0. The molecule has 0 atom stereocenters. The van der Waals surface area contributed by atoms with Crippen LogP contribution >= 0.6 is 11.9 Å². The van der Waals surface area contributed by atoms with Crippen LogP contribution in [0.3, 0.4) is 0 Å². The molecule has 42 valence electrons. The lowest BCUT2D eigenvalue weighted by Gasteiger charge is -1.80. The summed E-state index contributed by atoms with van der Waals surface area (Å²) in [5, 5.41) is 0. The van der Waals surface area contributed by atoms with Gasteiger partial charge in [-0.3, -0.25) is 0 Å². The van der Waals surface area contributed by atoms with E-state index < -0.39 is 0 Å². The van der Waals surface area contributed by atoms with Gasteiger partial charge in [-0.15, -0.1) is 0 Å². The Labute approximate surface area is 49.1 Å². The molecule has 0 fully saturated rings. The Bertz CT molecular complexity index is 52.0. The molecule has 1 nitrogen and oxygen atoms in total. The lowest BCUT2D eigenvalue weighted by Crippen LogP contribution is -1.59. The van der Waals surface area contributed by atoms with Gasteiger partial charge >= 0.3 is 0 Å². The highest BCUT2D eigenvalue weighted by Gasteiger charge is 1.69. The molecule has 2 heteroatoms. The number of rotatable bonds is 3. The fraction of sp³-hybridized carbons (Fsp3) is 0.600. The van der Waals surface area contributed by atoms with E-state index in [-0.39, 0.29) is 0 Å². The topological polar surface area (TPSA) is 9.23 Å². The summed E-state index contributed by atoms with van der Waals surface area (Å²) in [7, 11) is 0. The smallest absolute Gasteiger partial charge is 0.134 e. The van der Waals surface area contributed by atoms with Gasteiger partial charge in [-0.1, -0.05) is 13.3 Å². The number of unbranched alkanes of at least 4 members (excludes halogenated alkanes) is 1. The molecule has 0 bridgehead atoms. The van der Waals surface area contributed by atoms with E-state index in [1.165, 1.54) is 6.26 Å². The fourth-order valence-corrected chi connectivity index (χ4v) is 0.344. The van der Waals surface area contributed by atoms with Gasteiger partial charge in [-0.05, 0) is 12.5 Å². The second kappa shape index (κ2) is 5.83. The van der Waals surface area contributed by atoms with Crippen LogP contribution in [0.25, 0.3) is 0 Å². The van der Waals surface area contributed by atoms with Crippen molar-refractivity contribution in [1.29, 1.82) is 0 Å². The zero-order valence-electron chi connectivity index (χ0n) is 4.36. The molecular formula is C5H9ClO. The predicted molar refractivity (Wildman–Crippen MR) is 31.0 cm³/mol.